The van der Waals surface area contributed by atoms with E-state index in [9.17, 15) is 8.42 Å². The molecule has 1 unspecified atom stereocenters. The second kappa shape index (κ2) is 6.46. The van der Waals surface area contributed by atoms with Gasteiger partial charge in [0.05, 0.1) is 0 Å². The summed E-state index contributed by atoms with van der Waals surface area (Å²) in [6, 6.07) is 9.40. The predicted molar refractivity (Wildman–Crippen MR) is 86.4 cm³/mol. The smallest absolute Gasteiger partial charge is 0.233 e. The molecule has 0 radical (unpaired) electrons. The summed E-state index contributed by atoms with van der Waals surface area (Å²) in [5.74, 6) is 1.39. The molecule has 5 nitrogen and oxygen atoms in total. The molecule has 1 atom stereocenters. The molecule has 0 fully saturated rings. The van der Waals surface area contributed by atoms with Crippen LogP contribution in [-0.2, 0) is 23.0 Å². The Morgan fingerprint density at radius 1 is 1.32 bits per heavy atom. The van der Waals surface area contributed by atoms with Crippen molar-refractivity contribution in [1.29, 1.82) is 0 Å². The highest BCUT2D eigenvalue weighted by Crippen LogP contribution is 2.18. The number of sulfonamides is 1. The van der Waals surface area contributed by atoms with Gasteiger partial charge in [-0.05, 0) is 24.0 Å². The van der Waals surface area contributed by atoms with Crippen LogP contribution in [0.1, 0.15) is 17.8 Å². The summed E-state index contributed by atoms with van der Waals surface area (Å²) in [5, 5.41) is 1.23. The fraction of sp³-hybridized carbons (Fsp3) is 0.312. The van der Waals surface area contributed by atoms with Gasteiger partial charge in [-0.25, -0.2) is 18.1 Å². The third-order valence-corrected chi connectivity index (χ3v) is 4.91. The Hall–Kier alpha value is -1.92. The van der Waals surface area contributed by atoms with E-state index in [2.05, 4.69) is 14.3 Å². The topological polar surface area (TPSA) is 64.0 Å². The van der Waals surface area contributed by atoms with E-state index in [0.29, 0.717) is 12.5 Å². The van der Waals surface area contributed by atoms with Crippen molar-refractivity contribution in [3.05, 3.63) is 59.5 Å². The highest BCUT2D eigenvalue weighted by Gasteiger charge is 2.19. The van der Waals surface area contributed by atoms with Gasteiger partial charge in [0.2, 0.25) is 10.0 Å². The van der Waals surface area contributed by atoms with Gasteiger partial charge in [-0.2, -0.15) is 0 Å². The Kier molecular flexibility index (Phi) is 4.40. The highest BCUT2D eigenvalue weighted by atomic mass is 32.2. The predicted octanol–water partition coefficient (Wildman–Crippen LogP) is 2.04. The lowest BCUT2D eigenvalue weighted by atomic mass is 10.00. The van der Waals surface area contributed by atoms with Crippen molar-refractivity contribution in [2.24, 2.45) is 5.92 Å². The van der Waals surface area contributed by atoms with Crippen LogP contribution in [0, 0.1) is 5.92 Å². The SMILES string of the molecule is O=S(=O)(/C=C/c1ccccc1)NCC1CCc2nccn2C1. The average Bonchev–Trinajstić information content (AvgIpc) is 3.00. The molecule has 116 valence electrons. The van der Waals surface area contributed by atoms with Crippen LogP contribution in [0.3, 0.4) is 0 Å². The fourth-order valence-electron chi connectivity index (χ4n) is 2.62. The largest absolute Gasteiger partial charge is 0.335 e. The number of imidazole rings is 1. The average molecular weight is 317 g/mol. The minimum atomic E-state index is -3.40. The Morgan fingerprint density at radius 2 is 2.14 bits per heavy atom. The zero-order chi connectivity index (χ0) is 15.4. The van der Waals surface area contributed by atoms with E-state index in [0.717, 1.165) is 30.8 Å². The van der Waals surface area contributed by atoms with Gasteiger partial charge in [-0.15, -0.1) is 0 Å². The van der Waals surface area contributed by atoms with Crippen molar-refractivity contribution in [3.8, 4) is 0 Å². The number of fused-ring (bicyclic) bond motifs is 1. The second-order valence-electron chi connectivity index (χ2n) is 5.51. The maximum absolute atomic E-state index is 12.0. The normalized spacial score (nSPS) is 18.5. The third kappa shape index (κ3) is 3.84. The summed E-state index contributed by atoms with van der Waals surface area (Å²) in [7, 11) is -3.40. The molecule has 1 aliphatic heterocycles. The summed E-state index contributed by atoms with van der Waals surface area (Å²) in [6.45, 7) is 1.28. The van der Waals surface area contributed by atoms with E-state index in [1.54, 1.807) is 12.3 Å². The Bertz CT molecular complexity index is 751. The van der Waals surface area contributed by atoms with E-state index in [-0.39, 0.29) is 0 Å². The van der Waals surface area contributed by atoms with Crippen LogP contribution in [0.5, 0.6) is 0 Å². The molecule has 0 bridgehead atoms. The number of rotatable bonds is 5. The molecule has 1 N–H and O–H groups in total. The van der Waals surface area contributed by atoms with Gasteiger partial charge in [0.15, 0.2) is 0 Å². The maximum atomic E-state index is 12.0. The molecule has 3 rings (SSSR count). The molecule has 6 heteroatoms. The minimum absolute atomic E-state index is 0.307. The first-order valence-corrected chi connectivity index (χ1v) is 8.90. The summed E-state index contributed by atoms with van der Waals surface area (Å²) in [5.41, 5.74) is 0.869. The van der Waals surface area contributed by atoms with Crippen LogP contribution < -0.4 is 4.72 Å². The number of hydrogen-bond donors (Lipinski definition) is 1. The van der Waals surface area contributed by atoms with Crippen molar-refractivity contribution in [1.82, 2.24) is 14.3 Å². The van der Waals surface area contributed by atoms with Crippen LogP contribution in [0.4, 0.5) is 0 Å². The quantitative estimate of drug-likeness (QED) is 0.918. The van der Waals surface area contributed by atoms with Gasteiger partial charge in [-0.1, -0.05) is 30.3 Å². The molecule has 0 saturated carbocycles. The molecule has 1 aromatic carbocycles. The first kappa shape index (κ1) is 15.0. The van der Waals surface area contributed by atoms with Gasteiger partial charge >= 0.3 is 0 Å². The zero-order valence-corrected chi connectivity index (χ0v) is 13.0. The minimum Gasteiger partial charge on any atom is -0.335 e. The molecular weight excluding hydrogens is 298 g/mol. The zero-order valence-electron chi connectivity index (χ0n) is 12.2. The Labute approximate surface area is 130 Å². The van der Waals surface area contributed by atoms with Crippen LogP contribution >= 0.6 is 0 Å². The lowest BCUT2D eigenvalue weighted by Crippen LogP contribution is -2.32. The van der Waals surface area contributed by atoms with Gasteiger partial charge < -0.3 is 4.57 Å². The molecule has 0 aliphatic carbocycles. The van der Waals surface area contributed by atoms with E-state index < -0.39 is 10.0 Å². The standard InChI is InChI=1S/C16H19N3O2S/c20-22(21,11-8-14-4-2-1-3-5-14)18-12-15-6-7-16-17-9-10-19(16)13-15/h1-5,8-11,15,18H,6-7,12-13H2/b11-8+. The van der Waals surface area contributed by atoms with Gasteiger partial charge in [0, 0.05) is 37.3 Å². The first-order chi connectivity index (χ1) is 10.6. The Balaban J connectivity index is 1.56. The van der Waals surface area contributed by atoms with Crippen LogP contribution in [-0.4, -0.2) is 24.5 Å². The van der Waals surface area contributed by atoms with Crippen LogP contribution in [0.25, 0.3) is 6.08 Å². The number of nitrogens with one attached hydrogen (secondary N) is 1. The fourth-order valence-corrected chi connectivity index (χ4v) is 3.52. The summed E-state index contributed by atoms with van der Waals surface area (Å²) < 4.78 is 28.8. The third-order valence-electron chi connectivity index (χ3n) is 3.85. The van der Waals surface area contributed by atoms with Crippen molar-refractivity contribution in [2.75, 3.05) is 6.54 Å². The summed E-state index contributed by atoms with van der Waals surface area (Å²) in [6.07, 6.45) is 7.22. The van der Waals surface area contributed by atoms with Crippen molar-refractivity contribution in [3.63, 3.8) is 0 Å². The van der Waals surface area contributed by atoms with Gasteiger partial charge in [-0.3, -0.25) is 0 Å². The molecule has 0 spiro atoms. The molecule has 1 aliphatic rings. The monoisotopic (exact) mass is 317 g/mol. The number of aromatic nitrogens is 2. The van der Waals surface area contributed by atoms with E-state index in [1.165, 1.54) is 5.41 Å². The van der Waals surface area contributed by atoms with Crippen molar-refractivity contribution >= 4 is 16.1 Å². The molecule has 2 heterocycles. The molecule has 2 aromatic rings. The number of nitrogens with zero attached hydrogens (tertiary/aromatic N) is 2. The van der Waals surface area contributed by atoms with Crippen LogP contribution in [0.15, 0.2) is 48.1 Å². The second-order valence-corrected chi connectivity index (χ2v) is 7.16. The van der Waals surface area contributed by atoms with E-state index in [1.807, 2.05) is 36.5 Å². The van der Waals surface area contributed by atoms with Gasteiger partial charge in [0.25, 0.3) is 0 Å². The molecule has 22 heavy (non-hydrogen) atoms. The maximum Gasteiger partial charge on any atom is 0.233 e. The molecule has 0 saturated heterocycles. The Morgan fingerprint density at radius 3 is 2.95 bits per heavy atom. The highest BCUT2D eigenvalue weighted by molar-refractivity contribution is 7.92. The van der Waals surface area contributed by atoms with Gasteiger partial charge in [0.1, 0.15) is 5.82 Å². The lowest BCUT2D eigenvalue weighted by Gasteiger charge is -2.23. The van der Waals surface area contributed by atoms with Crippen molar-refractivity contribution in [2.45, 2.75) is 19.4 Å². The molecular formula is C16H19N3O2S. The lowest BCUT2D eigenvalue weighted by molar-refractivity contribution is 0.364. The number of aryl methyl sites for hydroxylation is 1. The van der Waals surface area contributed by atoms with E-state index in [4.69, 9.17) is 0 Å². The molecule has 1 aromatic heterocycles. The van der Waals surface area contributed by atoms with Crippen molar-refractivity contribution < 1.29 is 8.42 Å². The first-order valence-electron chi connectivity index (χ1n) is 7.35. The summed E-state index contributed by atoms with van der Waals surface area (Å²) in [4.78, 5) is 4.28. The number of benzene rings is 1. The summed E-state index contributed by atoms with van der Waals surface area (Å²) >= 11 is 0. The van der Waals surface area contributed by atoms with Crippen LogP contribution in [0.2, 0.25) is 0 Å². The number of hydrogen-bond acceptors (Lipinski definition) is 3. The molecule has 0 amide bonds. The van der Waals surface area contributed by atoms with E-state index >= 15 is 0 Å².